The van der Waals surface area contributed by atoms with Gasteiger partial charge in [0.1, 0.15) is 24.2 Å². The van der Waals surface area contributed by atoms with Crippen molar-refractivity contribution in [1.29, 1.82) is 0 Å². The molecule has 1 fully saturated rings. The lowest BCUT2D eigenvalue weighted by Gasteiger charge is -2.36. The molecule has 0 radical (unpaired) electrons. The van der Waals surface area contributed by atoms with Crippen molar-refractivity contribution in [2.24, 2.45) is 0 Å². The molecule has 3 aromatic carbocycles. The molecule has 6 nitrogen and oxygen atoms in total. The Morgan fingerprint density at radius 1 is 0.882 bits per heavy atom. The average molecular weight is 461 g/mol. The minimum Gasteiger partial charge on any atom is -0.497 e. The predicted octanol–water partition coefficient (Wildman–Crippen LogP) is 3.68. The van der Waals surface area contributed by atoms with Crippen LogP contribution in [0.5, 0.6) is 11.5 Å². The molecule has 1 atom stereocenters. The SMILES string of the molecule is COc1ccc(N2CCN(C[C@H](O)COc3ccc(C(=O)Cc4ccccc4)cc3)CC2)cc1. The summed E-state index contributed by atoms with van der Waals surface area (Å²) in [6.45, 7) is 4.40. The van der Waals surface area contributed by atoms with Crippen molar-refractivity contribution in [1.82, 2.24) is 4.90 Å². The number of aliphatic hydroxyl groups is 1. The van der Waals surface area contributed by atoms with E-state index in [0.717, 1.165) is 37.5 Å². The van der Waals surface area contributed by atoms with E-state index in [1.807, 2.05) is 42.5 Å². The Balaban J connectivity index is 1.18. The number of ether oxygens (including phenoxy) is 2. The number of methoxy groups -OCH3 is 1. The van der Waals surface area contributed by atoms with Crippen LogP contribution in [0.1, 0.15) is 15.9 Å². The first kappa shape index (κ1) is 23.8. The largest absolute Gasteiger partial charge is 0.497 e. The van der Waals surface area contributed by atoms with E-state index in [4.69, 9.17) is 9.47 Å². The fraction of sp³-hybridized carbons (Fsp3) is 0.321. The van der Waals surface area contributed by atoms with Crippen molar-refractivity contribution >= 4 is 11.5 Å². The zero-order chi connectivity index (χ0) is 23.8. The van der Waals surface area contributed by atoms with Gasteiger partial charge in [-0.2, -0.15) is 0 Å². The molecular weight excluding hydrogens is 428 g/mol. The van der Waals surface area contributed by atoms with Crippen LogP contribution in [0.15, 0.2) is 78.9 Å². The lowest BCUT2D eigenvalue weighted by molar-refractivity contribution is 0.0663. The fourth-order valence-corrected chi connectivity index (χ4v) is 4.15. The molecule has 0 spiro atoms. The van der Waals surface area contributed by atoms with Crippen LogP contribution in [-0.2, 0) is 6.42 Å². The van der Waals surface area contributed by atoms with E-state index in [2.05, 4.69) is 21.9 Å². The molecule has 34 heavy (non-hydrogen) atoms. The van der Waals surface area contributed by atoms with Gasteiger partial charge in [-0.05, 0) is 54.1 Å². The number of β-amino-alcohol motifs (C(OH)–C–C–N with tert-alkyl or cyclic N) is 1. The molecule has 178 valence electrons. The third kappa shape index (κ3) is 6.59. The summed E-state index contributed by atoms with van der Waals surface area (Å²) in [4.78, 5) is 17.1. The van der Waals surface area contributed by atoms with Gasteiger partial charge in [0.25, 0.3) is 0 Å². The van der Waals surface area contributed by atoms with Gasteiger partial charge in [0, 0.05) is 50.4 Å². The molecule has 4 rings (SSSR count). The van der Waals surface area contributed by atoms with Crippen molar-refractivity contribution in [3.63, 3.8) is 0 Å². The van der Waals surface area contributed by atoms with Gasteiger partial charge < -0.3 is 19.5 Å². The Hall–Kier alpha value is -3.35. The summed E-state index contributed by atoms with van der Waals surface area (Å²) in [6.07, 6.45) is -0.196. The van der Waals surface area contributed by atoms with Gasteiger partial charge >= 0.3 is 0 Å². The zero-order valence-electron chi connectivity index (χ0n) is 19.6. The van der Waals surface area contributed by atoms with E-state index in [1.165, 1.54) is 5.69 Å². The molecule has 0 unspecified atom stereocenters. The quantitative estimate of drug-likeness (QED) is 0.466. The standard InChI is InChI=1S/C28H32N2O4/c1-33-26-13-9-24(10-14-26)30-17-15-29(16-18-30)20-25(31)21-34-27-11-7-23(8-12-27)28(32)19-22-5-3-2-4-6-22/h2-14,25,31H,15-21H2,1H3/t25-/m0/s1. The Labute approximate surface area is 201 Å². The molecule has 1 aliphatic rings. The van der Waals surface area contributed by atoms with Crippen LogP contribution < -0.4 is 14.4 Å². The third-order valence-electron chi connectivity index (χ3n) is 6.10. The molecule has 0 amide bonds. The maximum absolute atomic E-state index is 12.5. The molecular formula is C28H32N2O4. The summed E-state index contributed by atoms with van der Waals surface area (Å²) < 4.78 is 11.0. The highest BCUT2D eigenvalue weighted by molar-refractivity contribution is 5.97. The highest BCUT2D eigenvalue weighted by Crippen LogP contribution is 2.21. The minimum absolute atomic E-state index is 0.0755. The number of piperazine rings is 1. The summed E-state index contributed by atoms with van der Waals surface area (Å²) in [5.74, 6) is 1.59. The second kappa shape index (κ2) is 11.7. The highest BCUT2D eigenvalue weighted by Gasteiger charge is 2.20. The van der Waals surface area contributed by atoms with E-state index in [-0.39, 0.29) is 12.4 Å². The molecule has 6 heteroatoms. The van der Waals surface area contributed by atoms with Gasteiger partial charge in [-0.15, -0.1) is 0 Å². The van der Waals surface area contributed by atoms with Gasteiger partial charge in [-0.25, -0.2) is 0 Å². The van der Waals surface area contributed by atoms with E-state index in [9.17, 15) is 9.90 Å². The van der Waals surface area contributed by atoms with Crippen LogP contribution in [0.3, 0.4) is 0 Å². The number of Topliss-reactive ketones (excluding diaryl/α,β-unsaturated/α-hetero) is 1. The smallest absolute Gasteiger partial charge is 0.167 e. The summed E-state index contributed by atoms with van der Waals surface area (Å²) in [5.41, 5.74) is 2.85. The first-order valence-electron chi connectivity index (χ1n) is 11.7. The summed E-state index contributed by atoms with van der Waals surface area (Å²) in [7, 11) is 1.67. The highest BCUT2D eigenvalue weighted by atomic mass is 16.5. The van der Waals surface area contributed by atoms with Crippen LogP contribution >= 0.6 is 0 Å². The number of hydrogen-bond donors (Lipinski definition) is 1. The summed E-state index contributed by atoms with van der Waals surface area (Å²) in [6, 6.07) is 25.0. The number of carbonyl (C=O) groups is 1. The van der Waals surface area contributed by atoms with E-state index in [0.29, 0.717) is 24.3 Å². The Morgan fingerprint density at radius 2 is 1.53 bits per heavy atom. The summed E-state index contributed by atoms with van der Waals surface area (Å²) >= 11 is 0. The third-order valence-corrected chi connectivity index (χ3v) is 6.10. The first-order chi connectivity index (χ1) is 16.6. The molecule has 0 aliphatic carbocycles. The topological polar surface area (TPSA) is 62.2 Å². The van der Waals surface area contributed by atoms with Crippen LogP contribution in [-0.4, -0.2) is 68.3 Å². The second-order valence-corrected chi connectivity index (χ2v) is 8.56. The molecule has 1 heterocycles. The summed E-state index contributed by atoms with van der Waals surface area (Å²) in [5, 5.41) is 10.5. The molecule has 0 aromatic heterocycles. The number of anilines is 1. The predicted molar refractivity (Wildman–Crippen MR) is 134 cm³/mol. The number of carbonyl (C=O) groups excluding carboxylic acids is 1. The van der Waals surface area contributed by atoms with E-state index < -0.39 is 6.10 Å². The van der Waals surface area contributed by atoms with Crippen molar-refractivity contribution in [2.75, 3.05) is 51.3 Å². The van der Waals surface area contributed by atoms with Crippen LogP contribution in [0.4, 0.5) is 5.69 Å². The molecule has 0 saturated carbocycles. The molecule has 1 N–H and O–H groups in total. The number of ketones is 1. The van der Waals surface area contributed by atoms with Crippen molar-refractivity contribution in [2.45, 2.75) is 12.5 Å². The molecule has 1 aliphatic heterocycles. The Morgan fingerprint density at radius 3 is 2.18 bits per heavy atom. The Kier molecular flexibility index (Phi) is 8.17. The monoisotopic (exact) mass is 460 g/mol. The van der Waals surface area contributed by atoms with E-state index >= 15 is 0 Å². The van der Waals surface area contributed by atoms with Crippen LogP contribution in [0.25, 0.3) is 0 Å². The van der Waals surface area contributed by atoms with Crippen molar-refractivity contribution in [3.05, 3.63) is 90.0 Å². The maximum Gasteiger partial charge on any atom is 0.167 e. The number of nitrogens with zero attached hydrogens (tertiary/aromatic N) is 2. The van der Waals surface area contributed by atoms with Gasteiger partial charge in [-0.3, -0.25) is 9.69 Å². The van der Waals surface area contributed by atoms with Gasteiger partial charge in [0.15, 0.2) is 5.78 Å². The molecule has 0 bridgehead atoms. The van der Waals surface area contributed by atoms with Crippen molar-refractivity contribution < 1.29 is 19.4 Å². The first-order valence-corrected chi connectivity index (χ1v) is 11.7. The minimum atomic E-state index is -0.577. The molecule has 1 saturated heterocycles. The van der Waals surface area contributed by atoms with E-state index in [1.54, 1.807) is 31.4 Å². The molecule has 3 aromatic rings. The van der Waals surface area contributed by atoms with Gasteiger partial charge in [-0.1, -0.05) is 30.3 Å². The number of benzene rings is 3. The lowest BCUT2D eigenvalue weighted by Crippen LogP contribution is -2.49. The van der Waals surface area contributed by atoms with Crippen LogP contribution in [0, 0.1) is 0 Å². The van der Waals surface area contributed by atoms with Gasteiger partial charge in [0.2, 0.25) is 0 Å². The number of hydrogen-bond acceptors (Lipinski definition) is 6. The average Bonchev–Trinajstić information content (AvgIpc) is 2.89. The zero-order valence-corrected chi connectivity index (χ0v) is 19.6. The van der Waals surface area contributed by atoms with Crippen molar-refractivity contribution in [3.8, 4) is 11.5 Å². The van der Waals surface area contributed by atoms with Crippen LogP contribution in [0.2, 0.25) is 0 Å². The second-order valence-electron chi connectivity index (χ2n) is 8.56. The lowest BCUT2D eigenvalue weighted by atomic mass is 10.0. The normalized spacial score (nSPS) is 15.1. The number of rotatable bonds is 10. The van der Waals surface area contributed by atoms with Gasteiger partial charge in [0.05, 0.1) is 7.11 Å². The maximum atomic E-state index is 12.5. The number of aliphatic hydroxyl groups excluding tert-OH is 1. The fourth-order valence-electron chi connectivity index (χ4n) is 4.15. The Bertz CT molecular complexity index is 1030.